The molecule has 3 N–H and O–H groups in total. The lowest BCUT2D eigenvalue weighted by Gasteiger charge is -2.13. The minimum atomic E-state index is -0.179. The molecule has 0 saturated carbocycles. The molecule has 6 nitrogen and oxygen atoms in total. The van der Waals surface area contributed by atoms with Gasteiger partial charge in [-0.05, 0) is 22.4 Å². The van der Waals surface area contributed by atoms with Crippen molar-refractivity contribution in [2.45, 2.75) is 25.9 Å². The van der Waals surface area contributed by atoms with Gasteiger partial charge >= 0.3 is 0 Å². The van der Waals surface area contributed by atoms with Crippen LogP contribution in [-0.2, 0) is 11.3 Å². The van der Waals surface area contributed by atoms with E-state index in [1.807, 2.05) is 6.92 Å². The molecule has 0 fully saturated rings. The normalized spacial score (nSPS) is 12.4. The number of aromatic nitrogens is 2. The van der Waals surface area contributed by atoms with Crippen LogP contribution in [0.2, 0.25) is 0 Å². The monoisotopic (exact) mass is 318 g/mol. The van der Waals surface area contributed by atoms with Crippen molar-refractivity contribution in [3.63, 3.8) is 0 Å². The second-order valence-corrected chi connectivity index (χ2v) is 4.74. The van der Waals surface area contributed by atoms with Crippen LogP contribution in [0, 0.1) is 0 Å². The van der Waals surface area contributed by atoms with E-state index in [0.29, 0.717) is 29.9 Å². The zero-order valence-electron chi connectivity index (χ0n) is 10.6. The van der Waals surface area contributed by atoms with E-state index in [4.69, 9.17) is 10.5 Å². The second-order valence-electron chi connectivity index (χ2n) is 3.94. The van der Waals surface area contributed by atoms with Crippen LogP contribution in [0.15, 0.2) is 15.5 Å². The number of anilines is 1. The Morgan fingerprint density at radius 2 is 2.39 bits per heavy atom. The van der Waals surface area contributed by atoms with Crippen molar-refractivity contribution in [3.8, 4) is 0 Å². The molecule has 0 amide bonds. The summed E-state index contributed by atoms with van der Waals surface area (Å²) < 4.78 is 6.75. The van der Waals surface area contributed by atoms with E-state index in [2.05, 4.69) is 26.3 Å². The summed E-state index contributed by atoms with van der Waals surface area (Å²) in [5.74, 6) is 0. The molecule has 0 aliphatic rings. The zero-order valence-corrected chi connectivity index (χ0v) is 12.2. The van der Waals surface area contributed by atoms with Gasteiger partial charge in [0.2, 0.25) is 0 Å². The summed E-state index contributed by atoms with van der Waals surface area (Å²) in [7, 11) is 1.59. The third-order valence-corrected chi connectivity index (χ3v) is 3.34. The molecule has 1 unspecified atom stereocenters. The molecule has 7 heteroatoms. The Hall–Kier alpha value is -0.920. The van der Waals surface area contributed by atoms with Crippen molar-refractivity contribution in [3.05, 3.63) is 21.0 Å². The van der Waals surface area contributed by atoms with E-state index in [-0.39, 0.29) is 11.6 Å². The molecule has 0 spiro atoms. The lowest BCUT2D eigenvalue weighted by atomic mass is 10.2. The Labute approximate surface area is 115 Å². The molecule has 18 heavy (non-hydrogen) atoms. The quantitative estimate of drug-likeness (QED) is 0.777. The molecule has 0 saturated heterocycles. The molecule has 1 heterocycles. The Morgan fingerprint density at radius 3 is 3.00 bits per heavy atom. The van der Waals surface area contributed by atoms with Gasteiger partial charge in [0.25, 0.3) is 5.56 Å². The first-order valence-corrected chi connectivity index (χ1v) is 6.63. The number of nitrogens with two attached hydrogens (primary N) is 1. The van der Waals surface area contributed by atoms with Gasteiger partial charge in [-0.25, -0.2) is 4.68 Å². The Morgan fingerprint density at radius 1 is 1.67 bits per heavy atom. The number of hydrogen-bond donors (Lipinski definition) is 2. The van der Waals surface area contributed by atoms with Crippen LogP contribution in [0.25, 0.3) is 0 Å². The summed E-state index contributed by atoms with van der Waals surface area (Å²) in [6.07, 6.45) is 2.49. The predicted octanol–water partition coefficient (Wildman–Crippen LogP) is 0.801. The highest BCUT2D eigenvalue weighted by Crippen LogP contribution is 2.15. The van der Waals surface area contributed by atoms with Crippen molar-refractivity contribution < 1.29 is 4.74 Å². The summed E-state index contributed by atoms with van der Waals surface area (Å²) in [4.78, 5) is 11.9. The minimum absolute atomic E-state index is 0.0628. The van der Waals surface area contributed by atoms with Gasteiger partial charge in [0.1, 0.15) is 4.47 Å². The Bertz CT molecular complexity index is 436. The third kappa shape index (κ3) is 4.08. The molecule has 1 aromatic rings. The number of nitrogens with zero attached hydrogens (tertiary/aromatic N) is 2. The van der Waals surface area contributed by atoms with Gasteiger partial charge in [0, 0.05) is 19.7 Å². The average Bonchev–Trinajstić information content (AvgIpc) is 2.39. The first kappa shape index (κ1) is 15.1. The smallest absolute Gasteiger partial charge is 0.283 e. The molecule has 1 atom stereocenters. The molecular formula is C11H19BrN4O2. The Balaban J connectivity index is 2.77. The molecule has 1 aromatic heterocycles. The van der Waals surface area contributed by atoms with Crippen LogP contribution >= 0.6 is 15.9 Å². The van der Waals surface area contributed by atoms with Gasteiger partial charge < -0.3 is 15.8 Å². The van der Waals surface area contributed by atoms with Gasteiger partial charge in [0.05, 0.1) is 25.0 Å². The van der Waals surface area contributed by atoms with Crippen molar-refractivity contribution >= 4 is 21.6 Å². The van der Waals surface area contributed by atoms with E-state index >= 15 is 0 Å². The molecule has 0 aliphatic heterocycles. The van der Waals surface area contributed by atoms with Crippen LogP contribution in [-0.4, -0.2) is 36.1 Å². The fourth-order valence-corrected chi connectivity index (χ4v) is 1.76. The molecule has 0 radical (unpaired) electrons. The fourth-order valence-electron chi connectivity index (χ4n) is 1.31. The molecule has 0 bridgehead atoms. The molecular weight excluding hydrogens is 300 g/mol. The summed E-state index contributed by atoms with van der Waals surface area (Å²) in [6, 6.07) is 0.0628. The van der Waals surface area contributed by atoms with Crippen LogP contribution in [0.4, 0.5) is 5.69 Å². The van der Waals surface area contributed by atoms with E-state index in [1.165, 1.54) is 4.68 Å². The first-order valence-electron chi connectivity index (χ1n) is 5.84. The highest BCUT2D eigenvalue weighted by Gasteiger charge is 2.09. The number of methoxy groups -OCH3 is 1. The number of rotatable bonds is 7. The molecule has 1 rings (SSSR count). The standard InChI is InChI=1S/C11H19BrN4O2/c1-3-8(13)6-14-9-7-15-16(4-5-18-2)11(17)10(9)12/h7-8,14H,3-6,13H2,1-2H3. The minimum Gasteiger partial charge on any atom is -0.383 e. The van der Waals surface area contributed by atoms with Crippen LogP contribution in [0.5, 0.6) is 0 Å². The molecule has 0 aliphatic carbocycles. The largest absolute Gasteiger partial charge is 0.383 e. The van der Waals surface area contributed by atoms with Gasteiger partial charge in [-0.2, -0.15) is 5.10 Å². The van der Waals surface area contributed by atoms with Gasteiger partial charge in [-0.1, -0.05) is 6.92 Å². The summed E-state index contributed by atoms with van der Waals surface area (Å²) >= 11 is 3.28. The number of nitrogens with one attached hydrogen (secondary N) is 1. The first-order chi connectivity index (χ1) is 8.60. The van der Waals surface area contributed by atoms with E-state index in [9.17, 15) is 4.79 Å². The van der Waals surface area contributed by atoms with Gasteiger partial charge in [-0.3, -0.25) is 4.79 Å². The maximum absolute atomic E-state index is 11.9. The van der Waals surface area contributed by atoms with Gasteiger partial charge in [-0.15, -0.1) is 0 Å². The van der Waals surface area contributed by atoms with Crippen LogP contribution in [0.3, 0.4) is 0 Å². The fraction of sp³-hybridized carbons (Fsp3) is 0.636. The van der Waals surface area contributed by atoms with Crippen molar-refractivity contribution in [2.24, 2.45) is 5.73 Å². The SMILES string of the molecule is CCC(N)CNc1cnn(CCOC)c(=O)c1Br. The average molecular weight is 319 g/mol. The van der Waals surface area contributed by atoms with Crippen LogP contribution < -0.4 is 16.6 Å². The predicted molar refractivity (Wildman–Crippen MR) is 74.8 cm³/mol. The third-order valence-electron chi connectivity index (χ3n) is 2.57. The van der Waals surface area contributed by atoms with Gasteiger partial charge in [0.15, 0.2) is 0 Å². The van der Waals surface area contributed by atoms with Crippen molar-refractivity contribution in [1.82, 2.24) is 9.78 Å². The number of halogens is 1. The zero-order chi connectivity index (χ0) is 13.5. The highest BCUT2D eigenvalue weighted by molar-refractivity contribution is 9.10. The maximum Gasteiger partial charge on any atom is 0.283 e. The number of hydrogen-bond acceptors (Lipinski definition) is 5. The lowest BCUT2D eigenvalue weighted by molar-refractivity contribution is 0.181. The molecule has 0 aromatic carbocycles. The topological polar surface area (TPSA) is 82.2 Å². The lowest BCUT2D eigenvalue weighted by Crippen LogP contribution is -2.30. The summed E-state index contributed by atoms with van der Waals surface area (Å²) in [5.41, 5.74) is 6.29. The maximum atomic E-state index is 11.9. The summed E-state index contributed by atoms with van der Waals surface area (Å²) in [5, 5.41) is 7.18. The number of ether oxygens (including phenoxy) is 1. The Kier molecular flexibility index (Phi) is 6.31. The van der Waals surface area contributed by atoms with Crippen LogP contribution in [0.1, 0.15) is 13.3 Å². The second kappa shape index (κ2) is 7.50. The van der Waals surface area contributed by atoms with E-state index < -0.39 is 0 Å². The van der Waals surface area contributed by atoms with E-state index in [1.54, 1.807) is 13.3 Å². The van der Waals surface area contributed by atoms with E-state index in [0.717, 1.165) is 6.42 Å². The van der Waals surface area contributed by atoms with Crippen molar-refractivity contribution in [2.75, 3.05) is 25.6 Å². The summed E-state index contributed by atoms with van der Waals surface area (Å²) in [6.45, 7) is 3.51. The highest BCUT2D eigenvalue weighted by atomic mass is 79.9. The van der Waals surface area contributed by atoms with Crippen molar-refractivity contribution in [1.29, 1.82) is 0 Å². The molecule has 102 valence electrons.